The molecule has 1 aliphatic heterocycles. The van der Waals surface area contributed by atoms with Crippen LogP contribution >= 0.6 is 0 Å². The van der Waals surface area contributed by atoms with Gasteiger partial charge in [-0.3, -0.25) is 4.79 Å². The normalized spacial score (nSPS) is 19.0. The van der Waals surface area contributed by atoms with Crippen LogP contribution in [0.1, 0.15) is 44.7 Å². The van der Waals surface area contributed by atoms with E-state index < -0.39 is 5.54 Å². The van der Waals surface area contributed by atoms with Crippen LogP contribution in [0.25, 0.3) is 0 Å². The van der Waals surface area contributed by atoms with Crippen LogP contribution in [0.15, 0.2) is 24.3 Å². The van der Waals surface area contributed by atoms with Crippen molar-refractivity contribution in [1.82, 2.24) is 10.2 Å². The molecule has 0 aromatic heterocycles. The number of piperazine rings is 1. The molecule has 0 aliphatic carbocycles. The number of hydrogen-bond acceptors (Lipinski definition) is 2. The predicted molar refractivity (Wildman–Crippen MR) is 78.0 cm³/mol. The number of carbonyl (C=O) groups is 1. The second-order valence-electron chi connectivity index (χ2n) is 6.17. The van der Waals surface area contributed by atoms with E-state index in [1.807, 2.05) is 18.7 Å². The molecule has 3 nitrogen and oxygen atoms in total. The third-order valence-corrected chi connectivity index (χ3v) is 3.79. The molecule has 2 rings (SSSR count). The first-order chi connectivity index (χ1) is 8.90. The highest BCUT2D eigenvalue weighted by Crippen LogP contribution is 2.18. The van der Waals surface area contributed by atoms with E-state index >= 15 is 0 Å². The Morgan fingerprint density at radius 1 is 1.26 bits per heavy atom. The lowest BCUT2D eigenvalue weighted by atomic mass is 9.99. The van der Waals surface area contributed by atoms with Crippen LogP contribution in [-0.4, -0.2) is 29.4 Å². The van der Waals surface area contributed by atoms with E-state index in [1.165, 1.54) is 11.1 Å². The molecule has 1 saturated heterocycles. The summed E-state index contributed by atoms with van der Waals surface area (Å²) < 4.78 is 0. The van der Waals surface area contributed by atoms with Gasteiger partial charge in [-0.2, -0.15) is 0 Å². The first-order valence-corrected chi connectivity index (χ1v) is 7.03. The van der Waals surface area contributed by atoms with Gasteiger partial charge >= 0.3 is 0 Å². The Morgan fingerprint density at radius 2 is 1.89 bits per heavy atom. The summed E-state index contributed by atoms with van der Waals surface area (Å²) >= 11 is 0. The van der Waals surface area contributed by atoms with Crippen molar-refractivity contribution in [3.05, 3.63) is 35.4 Å². The average Bonchev–Trinajstić information content (AvgIpc) is 2.35. The van der Waals surface area contributed by atoms with Crippen LogP contribution in [0.5, 0.6) is 0 Å². The molecule has 3 heteroatoms. The Morgan fingerprint density at radius 3 is 2.47 bits per heavy atom. The van der Waals surface area contributed by atoms with Gasteiger partial charge in [0.2, 0.25) is 5.91 Å². The molecular formula is C16H24N2O. The maximum Gasteiger partial charge on any atom is 0.242 e. The molecule has 1 heterocycles. The lowest BCUT2D eigenvalue weighted by molar-refractivity contribution is -0.140. The zero-order chi connectivity index (χ0) is 14.0. The molecule has 0 unspecified atom stereocenters. The number of amides is 1. The summed E-state index contributed by atoms with van der Waals surface area (Å²) in [5, 5.41) is 3.26. The number of nitrogens with one attached hydrogen (secondary N) is 1. The Labute approximate surface area is 116 Å². The summed E-state index contributed by atoms with van der Waals surface area (Å²) in [7, 11) is 0. The van der Waals surface area contributed by atoms with Gasteiger partial charge < -0.3 is 10.2 Å². The molecule has 1 aromatic carbocycles. The first kappa shape index (κ1) is 14.1. The summed E-state index contributed by atoms with van der Waals surface area (Å²) in [6.45, 7) is 10.6. The van der Waals surface area contributed by atoms with Gasteiger partial charge in [-0.1, -0.05) is 38.1 Å². The molecule has 0 saturated carbocycles. The van der Waals surface area contributed by atoms with Gasteiger partial charge in [0.05, 0.1) is 5.54 Å². The Kier molecular flexibility index (Phi) is 3.95. The fraction of sp³-hybridized carbons (Fsp3) is 0.562. The minimum Gasteiger partial charge on any atom is -0.336 e. The molecule has 1 aromatic rings. The van der Waals surface area contributed by atoms with Crippen LogP contribution in [0.2, 0.25) is 0 Å². The molecular weight excluding hydrogens is 236 g/mol. The number of rotatable bonds is 3. The van der Waals surface area contributed by atoms with Crippen LogP contribution in [-0.2, 0) is 11.3 Å². The van der Waals surface area contributed by atoms with Crippen molar-refractivity contribution in [3.8, 4) is 0 Å². The molecule has 104 valence electrons. The Hall–Kier alpha value is -1.35. The van der Waals surface area contributed by atoms with Gasteiger partial charge in [-0.15, -0.1) is 0 Å². The number of carbonyl (C=O) groups excluding carboxylic acids is 1. The summed E-state index contributed by atoms with van der Waals surface area (Å²) in [6.07, 6.45) is 0. The molecule has 1 N–H and O–H groups in total. The summed E-state index contributed by atoms with van der Waals surface area (Å²) in [4.78, 5) is 14.2. The summed E-state index contributed by atoms with van der Waals surface area (Å²) in [6, 6.07) is 8.60. The minimum absolute atomic E-state index is 0.187. The maximum atomic E-state index is 12.3. The smallest absolute Gasteiger partial charge is 0.242 e. The van der Waals surface area contributed by atoms with Crippen molar-refractivity contribution in [2.45, 2.75) is 45.7 Å². The van der Waals surface area contributed by atoms with Crippen LogP contribution in [0.4, 0.5) is 0 Å². The molecule has 1 aliphatic rings. The standard InChI is InChI=1S/C16H24N2O/c1-12(2)14-7-5-13(6-8-14)11-18-10-9-17-16(3,4)15(18)19/h5-8,12,17H,9-11H2,1-4H3. The van der Waals surface area contributed by atoms with E-state index in [4.69, 9.17) is 0 Å². The van der Waals surface area contributed by atoms with Gasteiger partial charge in [0, 0.05) is 19.6 Å². The summed E-state index contributed by atoms with van der Waals surface area (Å²) in [5.41, 5.74) is 2.11. The molecule has 0 bridgehead atoms. The number of nitrogens with zero attached hydrogens (tertiary/aromatic N) is 1. The second kappa shape index (κ2) is 5.33. The quantitative estimate of drug-likeness (QED) is 0.905. The Balaban J connectivity index is 2.06. The predicted octanol–water partition coefficient (Wildman–Crippen LogP) is 2.52. The van der Waals surface area contributed by atoms with Gasteiger partial charge in [0.25, 0.3) is 0 Å². The zero-order valence-electron chi connectivity index (χ0n) is 12.4. The van der Waals surface area contributed by atoms with Crippen LogP contribution in [0, 0.1) is 0 Å². The van der Waals surface area contributed by atoms with Crippen LogP contribution in [0.3, 0.4) is 0 Å². The van der Waals surface area contributed by atoms with E-state index in [1.54, 1.807) is 0 Å². The van der Waals surface area contributed by atoms with E-state index in [9.17, 15) is 4.79 Å². The van der Waals surface area contributed by atoms with Gasteiger partial charge in [-0.05, 0) is 30.9 Å². The largest absolute Gasteiger partial charge is 0.336 e. The number of benzene rings is 1. The molecule has 0 atom stereocenters. The fourth-order valence-corrected chi connectivity index (χ4v) is 2.45. The highest BCUT2D eigenvalue weighted by molar-refractivity contribution is 5.86. The lowest BCUT2D eigenvalue weighted by Crippen LogP contribution is -2.60. The highest BCUT2D eigenvalue weighted by atomic mass is 16.2. The molecule has 1 fully saturated rings. The third-order valence-electron chi connectivity index (χ3n) is 3.79. The topological polar surface area (TPSA) is 32.3 Å². The van der Waals surface area contributed by atoms with Crippen molar-refractivity contribution in [3.63, 3.8) is 0 Å². The van der Waals surface area contributed by atoms with E-state index in [0.717, 1.165) is 13.1 Å². The Bertz CT molecular complexity index is 448. The van der Waals surface area contributed by atoms with Crippen molar-refractivity contribution in [2.24, 2.45) is 0 Å². The van der Waals surface area contributed by atoms with Crippen molar-refractivity contribution in [1.29, 1.82) is 0 Å². The lowest BCUT2D eigenvalue weighted by Gasteiger charge is -2.38. The number of hydrogen-bond donors (Lipinski definition) is 1. The van der Waals surface area contributed by atoms with E-state index in [2.05, 4.69) is 43.4 Å². The monoisotopic (exact) mass is 260 g/mol. The SMILES string of the molecule is CC(C)c1ccc(CN2CCNC(C)(C)C2=O)cc1. The molecule has 0 spiro atoms. The van der Waals surface area contributed by atoms with Crippen molar-refractivity contribution >= 4 is 5.91 Å². The molecule has 1 amide bonds. The van der Waals surface area contributed by atoms with Crippen LogP contribution < -0.4 is 5.32 Å². The average molecular weight is 260 g/mol. The minimum atomic E-state index is -0.434. The zero-order valence-corrected chi connectivity index (χ0v) is 12.4. The van der Waals surface area contributed by atoms with Gasteiger partial charge in [-0.25, -0.2) is 0 Å². The first-order valence-electron chi connectivity index (χ1n) is 7.03. The fourth-order valence-electron chi connectivity index (χ4n) is 2.45. The van der Waals surface area contributed by atoms with Crippen molar-refractivity contribution < 1.29 is 4.79 Å². The summed E-state index contributed by atoms with van der Waals surface area (Å²) in [5.74, 6) is 0.737. The third kappa shape index (κ3) is 3.16. The second-order valence-corrected chi connectivity index (χ2v) is 6.17. The van der Waals surface area contributed by atoms with E-state index in [-0.39, 0.29) is 5.91 Å². The highest BCUT2D eigenvalue weighted by Gasteiger charge is 2.34. The molecule has 19 heavy (non-hydrogen) atoms. The van der Waals surface area contributed by atoms with Gasteiger partial charge in [0.15, 0.2) is 0 Å². The van der Waals surface area contributed by atoms with Gasteiger partial charge in [0.1, 0.15) is 0 Å². The van der Waals surface area contributed by atoms with Crippen molar-refractivity contribution in [2.75, 3.05) is 13.1 Å². The van der Waals surface area contributed by atoms with E-state index in [0.29, 0.717) is 12.5 Å². The molecule has 0 radical (unpaired) electrons. The maximum absolute atomic E-state index is 12.3.